The van der Waals surface area contributed by atoms with Crippen LogP contribution in [0.2, 0.25) is 0 Å². The van der Waals surface area contributed by atoms with Crippen molar-refractivity contribution in [2.75, 3.05) is 27.2 Å². The summed E-state index contributed by atoms with van der Waals surface area (Å²) in [4.78, 5) is 83.3. The van der Waals surface area contributed by atoms with Gasteiger partial charge in [-0.3, -0.25) is 28.8 Å². The van der Waals surface area contributed by atoms with E-state index in [2.05, 4.69) is 43.7 Å². The third-order valence-corrected chi connectivity index (χ3v) is 10.2. The fraction of sp³-hybridized carbons (Fsp3) is 0.512. The van der Waals surface area contributed by atoms with E-state index in [1.807, 2.05) is 60.7 Å². The number of carbonyl (C=O) groups excluding carboxylic acids is 6. The minimum Gasteiger partial charge on any atom is -0.350 e. The van der Waals surface area contributed by atoms with E-state index in [0.717, 1.165) is 11.1 Å². The quantitative estimate of drug-likeness (QED) is 0.129. The van der Waals surface area contributed by atoms with Crippen LogP contribution >= 0.6 is 0 Å². The van der Waals surface area contributed by atoms with Gasteiger partial charge in [0, 0.05) is 39.0 Å². The second-order valence-corrected chi connectivity index (χ2v) is 14.0. The van der Waals surface area contributed by atoms with Crippen LogP contribution in [0, 0.1) is 11.8 Å². The average molecular weight is 757 g/mol. The van der Waals surface area contributed by atoms with Crippen LogP contribution in [0.1, 0.15) is 69.9 Å². The molecule has 6 amide bonds. The summed E-state index contributed by atoms with van der Waals surface area (Å²) in [5.41, 5.74) is 1.89. The first-order valence-electron chi connectivity index (χ1n) is 19.2. The van der Waals surface area contributed by atoms with Crippen molar-refractivity contribution in [1.82, 2.24) is 41.7 Å². The molecule has 0 aliphatic carbocycles. The maximum atomic E-state index is 13.9. The number of likely N-dealkylation sites (N-methyl/N-ethyl adjacent to an activating group) is 2. The molecule has 296 valence electrons. The van der Waals surface area contributed by atoms with Crippen LogP contribution in [0.25, 0.3) is 0 Å². The van der Waals surface area contributed by atoms with E-state index < -0.39 is 42.2 Å². The van der Waals surface area contributed by atoms with Crippen LogP contribution < -0.4 is 31.9 Å². The van der Waals surface area contributed by atoms with Crippen molar-refractivity contribution in [1.29, 1.82) is 0 Å². The van der Waals surface area contributed by atoms with Gasteiger partial charge in [-0.1, -0.05) is 60.7 Å². The molecule has 2 aromatic rings. The van der Waals surface area contributed by atoms with Crippen LogP contribution in [-0.4, -0.2) is 109 Å². The van der Waals surface area contributed by atoms with Crippen molar-refractivity contribution in [3.63, 3.8) is 0 Å². The third-order valence-electron chi connectivity index (χ3n) is 10.2. The summed E-state index contributed by atoms with van der Waals surface area (Å²) in [5, 5.41) is 17.3. The second kappa shape index (κ2) is 21.6. The molecule has 0 unspecified atom stereocenters. The molecule has 4 rings (SSSR count). The maximum absolute atomic E-state index is 13.9. The minimum atomic E-state index is -1.01. The van der Waals surface area contributed by atoms with Crippen LogP contribution in [-0.2, 0) is 41.9 Å². The lowest BCUT2D eigenvalue weighted by Crippen LogP contribution is -2.55. The Hall–Kier alpha value is -5.26. The minimum absolute atomic E-state index is 0.0204. The van der Waals surface area contributed by atoms with Crippen LogP contribution in [0.5, 0.6) is 0 Å². The van der Waals surface area contributed by atoms with Gasteiger partial charge in [0.2, 0.25) is 35.4 Å². The largest absolute Gasteiger partial charge is 0.350 e. The van der Waals surface area contributed by atoms with E-state index in [1.165, 1.54) is 4.90 Å². The lowest BCUT2D eigenvalue weighted by atomic mass is 10.1. The van der Waals surface area contributed by atoms with Gasteiger partial charge < -0.3 is 41.7 Å². The molecule has 0 bridgehead atoms. The smallest absolute Gasteiger partial charge is 0.246 e. The van der Waals surface area contributed by atoms with Gasteiger partial charge in [-0.15, -0.1) is 11.8 Å². The highest BCUT2D eigenvalue weighted by atomic mass is 16.2. The Morgan fingerprint density at radius 1 is 0.655 bits per heavy atom. The predicted octanol–water partition coefficient (Wildman–Crippen LogP) is 0.960. The number of nitrogens with zero attached hydrogens (tertiary/aromatic N) is 2. The maximum Gasteiger partial charge on any atom is 0.246 e. The summed E-state index contributed by atoms with van der Waals surface area (Å²) >= 11 is 0. The fourth-order valence-corrected chi connectivity index (χ4v) is 6.60. The van der Waals surface area contributed by atoms with Crippen molar-refractivity contribution in [3.05, 3.63) is 71.8 Å². The van der Waals surface area contributed by atoms with Gasteiger partial charge in [0.05, 0.1) is 12.1 Å². The lowest BCUT2D eigenvalue weighted by molar-refractivity contribution is -0.141. The first kappa shape index (κ1) is 42.5. The molecule has 0 saturated carbocycles. The topological polar surface area (TPSA) is 181 Å². The van der Waals surface area contributed by atoms with Crippen molar-refractivity contribution >= 4 is 35.4 Å². The predicted molar refractivity (Wildman–Crippen MR) is 209 cm³/mol. The third kappa shape index (κ3) is 12.4. The Labute approximate surface area is 324 Å². The molecule has 2 aliphatic heterocycles. The van der Waals surface area contributed by atoms with E-state index in [0.29, 0.717) is 51.9 Å². The Morgan fingerprint density at radius 2 is 1.09 bits per heavy atom. The molecule has 55 heavy (non-hydrogen) atoms. The lowest BCUT2D eigenvalue weighted by Gasteiger charge is -2.29. The highest BCUT2D eigenvalue weighted by Crippen LogP contribution is 2.21. The molecular weight excluding hydrogens is 701 g/mol. The molecule has 2 saturated heterocycles. The summed E-state index contributed by atoms with van der Waals surface area (Å²) in [5.74, 6) is 4.04. The number of carbonyl (C=O) groups is 6. The Bertz CT molecular complexity index is 1680. The number of likely N-dealkylation sites (tertiary alicyclic amines) is 2. The molecule has 6 N–H and O–H groups in total. The zero-order chi connectivity index (χ0) is 39.7. The van der Waals surface area contributed by atoms with E-state index in [1.54, 1.807) is 32.8 Å². The molecule has 2 aromatic carbocycles. The first-order chi connectivity index (χ1) is 26.5. The number of nitrogens with one attached hydrogen (secondary N) is 6. The highest BCUT2D eigenvalue weighted by Gasteiger charge is 2.39. The number of rotatable bonds is 17. The number of amides is 6. The molecule has 14 heteroatoms. The highest BCUT2D eigenvalue weighted by molar-refractivity contribution is 5.94. The number of benzene rings is 2. The molecule has 2 heterocycles. The van der Waals surface area contributed by atoms with Gasteiger partial charge in [-0.25, -0.2) is 0 Å². The molecule has 6 atom stereocenters. The molecule has 0 aromatic heterocycles. The van der Waals surface area contributed by atoms with Crippen LogP contribution in [0.3, 0.4) is 0 Å². The van der Waals surface area contributed by atoms with Gasteiger partial charge in [-0.05, 0) is 71.2 Å². The summed E-state index contributed by atoms with van der Waals surface area (Å²) in [6.07, 6.45) is 2.66. The molecule has 0 spiro atoms. The average Bonchev–Trinajstić information content (AvgIpc) is 3.92. The van der Waals surface area contributed by atoms with Crippen molar-refractivity contribution in [2.24, 2.45) is 0 Å². The summed E-state index contributed by atoms with van der Waals surface area (Å²) in [6, 6.07) is 14.6. The Kier molecular flexibility index (Phi) is 16.7. The van der Waals surface area contributed by atoms with E-state index in [-0.39, 0.29) is 48.8 Å². The zero-order valence-electron chi connectivity index (χ0n) is 32.4. The van der Waals surface area contributed by atoms with Crippen molar-refractivity contribution < 1.29 is 28.8 Å². The van der Waals surface area contributed by atoms with E-state index >= 15 is 0 Å². The van der Waals surface area contributed by atoms with Gasteiger partial charge in [-0.2, -0.15) is 0 Å². The molecule has 14 nitrogen and oxygen atoms in total. The first-order valence-corrected chi connectivity index (χ1v) is 19.2. The van der Waals surface area contributed by atoms with Crippen LogP contribution in [0.4, 0.5) is 0 Å². The SMILES string of the molecule is CN[C@@H](C)C(=O)N[C@@H](CC#CCC[C@H](NC(=O)[C@H](C)NC)C(=O)N1CCC[C@H]1C(=O)NCc1ccccc1)C(=O)N1CCC[C@H]1C(=O)NCc1ccccc1. The molecule has 0 radical (unpaired) electrons. The van der Waals surface area contributed by atoms with Gasteiger partial charge >= 0.3 is 0 Å². The van der Waals surface area contributed by atoms with Gasteiger partial charge in [0.25, 0.3) is 0 Å². The number of hydrogen-bond donors (Lipinski definition) is 6. The van der Waals surface area contributed by atoms with Crippen LogP contribution in [0.15, 0.2) is 60.7 Å². The zero-order valence-corrected chi connectivity index (χ0v) is 32.4. The van der Waals surface area contributed by atoms with Crippen molar-refractivity contribution in [3.8, 4) is 11.8 Å². The summed E-state index contributed by atoms with van der Waals surface area (Å²) in [7, 11) is 3.29. The van der Waals surface area contributed by atoms with Crippen molar-refractivity contribution in [2.45, 2.75) is 108 Å². The summed E-state index contributed by atoms with van der Waals surface area (Å²) in [6.45, 7) is 4.80. The standard InChI is InChI=1S/C41H56N8O6/c1-28(42-3)36(50)46-32(40(54)48-24-14-22-34(48)38(52)44-26-30-16-8-5-9-17-30)20-12-7-13-21-33(47-37(51)29(2)43-4)41(55)49-25-15-23-35(49)39(53)45-27-31-18-10-6-11-19-31/h5-6,8-11,16-19,28-29,32-35,42-43H,12,14-15,20-27H2,1-4H3,(H,44,52)(H,45,53)(H,46,50)(H,47,51)/t28-,29-,32-,33-,34-,35-/m0/s1. The molecule has 2 fully saturated rings. The number of hydrogen-bond acceptors (Lipinski definition) is 8. The van der Waals surface area contributed by atoms with Gasteiger partial charge in [0.15, 0.2) is 0 Å². The Morgan fingerprint density at radius 3 is 1.55 bits per heavy atom. The fourth-order valence-electron chi connectivity index (χ4n) is 6.60. The van der Waals surface area contributed by atoms with E-state index in [9.17, 15) is 28.8 Å². The monoisotopic (exact) mass is 756 g/mol. The second-order valence-electron chi connectivity index (χ2n) is 14.0. The van der Waals surface area contributed by atoms with Gasteiger partial charge in [0.1, 0.15) is 24.2 Å². The normalized spacial score (nSPS) is 18.5. The molecule has 2 aliphatic rings. The molecular formula is C41H56N8O6. The van der Waals surface area contributed by atoms with E-state index in [4.69, 9.17) is 0 Å². The summed E-state index contributed by atoms with van der Waals surface area (Å²) < 4.78 is 0. The Balaban J connectivity index is 1.42.